The van der Waals surface area contributed by atoms with Gasteiger partial charge in [0.25, 0.3) is 0 Å². The summed E-state index contributed by atoms with van der Waals surface area (Å²) in [6.07, 6.45) is 3.27. The molecule has 1 N–H and O–H groups in total. The summed E-state index contributed by atoms with van der Waals surface area (Å²) in [7, 11) is 0. The molecule has 1 aromatic carbocycles. The van der Waals surface area contributed by atoms with Crippen molar-refractivity contribution < 1.29 is 19.4 Å². The lowest BCUT2D eigenvalue weighted by Gasteiger charge is -2.22. The number of hydrogen-bond donors (Lipinski definition) is 1. The zero-order valence-electron chi connectivity index (χ0n) is 11.6. The van der Waals surface area contributed by atoms with E-state index in [0.717, 1.165) is 25.9 Å². The van der Waals surface area contributed by atoms with Gasteiger partial charge in [-0.2, -0.15) is 0 Å². The van der Waals surface area contributed by atoms with Crippen LogP contribution in [0.25, 0.3) is 10.9 Å². The Morgan fingerprint density at radius 1 is 1.38 bits per heavy atom. The SMILES string of the molecule is O=C(O)c1cc(OCC2CCCCO2)nc2ccccc12. The number of hydrogen-bond acceptors (Lipinski definition) is 4. The largest absolute Gasteiger partial charge is 0.478 e. The van der Waals surface area contributed by atoms with Crippen molar-refractivity contribution in [3.05, 3.63) is 35.9 Å². The molecule has 110 valence electrons. The maximum atomic E-state index is 11.4. The Balaban J connectivity index is 1.83. The van der Waals surface area contributed by atoms with Gasteiger partial charge in [0.15, 0.2) is 0 Å². The van der Waals surface area contributed by atoms with Crippen molar-refractivity contribution in [2.45, 2.75) is 25.4 Å². The molecule has 1 aliphatic heterocycles. The molecule has 5 heteroatoms. The molecular formula is C16H17NO4. The lowest BCUT2D eigenvalue weighted by atomic mass is 10.1. The maximum absolute atomic E-state index is 11.4. The summed E-state index contributed by atoms with van der Waals surface area (Å²) in [5.74, 6) is -0.646. The summed E-state index contributed by atoms with van der Waals surface area (Å²) in [6.45, 7) is 1.17. The van der Waals surface area contributed by atoms with Gasteiger partial charge in [-0.05, 0) is 25.3 Å². The monoisotopic (exact) mass is 287 g/mol. The molecule has 0 amide bonds. The third-order valence-electron chi connectivity index (χ3n) is 3.61. The van der Waals surface area contributed by atoms with E-state index in [0.29, 0.717) is 23.4 Å². The zero-order chi connectivity index (χ0) is 14.7. The van der Waals surface area contributed by atoms with Crippen molar-refractivity contribution >= 4 is 16.9 Å². The van der Waals surface area contributed by atoms with Crippen molar-refractivity contribution in [2.75, 3.05) is 13.2 Å². The first-order chi connectivity index (χ1) is 10.2. The molecule has 0 saturated carbocycles. The van der Waals surface area contributed by atoms with E-state index < -0.39 is 5.97 Å². The van der Waals surface area contributed by atoms with E-state index in [1.54, 1.807) is 18.2 Å². The van der Waals surface area contributed by atoms with Crippen LogP contribution in [-0.4, -0.2) is 35.4 Å². The molecule has 1 aliphatic rings. The quantitative estimate of drug-likeness (QED) is 0.936. The number of rotatable bonds is 4. The van der Waals surface area contributed by atoms with Gasteiger partial charge in [0.1, 0.15) is 6.61 Å². The number of para-hydroxylation sites is 1. The number of nitrogens with zero attached hydrogens (tertiary/aromatic N) is 1. The maximum Gasteiger partial charge on any atom is 0.336 e. The lowest BCUT2D eigenvalue weighted by molar-refractivity contribution is -0.0118. The number of carboxylic acid groups (broad SMARTS) is 1. The van der Waals surface area contributed by atoms with E-state index in [1.165, 1.54) is 6.07 Å². The minimum Gasteiger partial charge on any atom is -0.478 e. The van der Waals surface area contributed by atoms with Crippen LogP contribution in [0.4, 0.5) is 0 Å². The molecule has 1 aromatic heterocycles. The van der Waals surface area contributed by atoms with Crippen LogP contribution < -0.4 is 4.74 Å². The standard InChI is InChI=1S/C16H17NO4/c18-16(19)13-9-15(17-14-7-2-1-6-12(13)14)21-10-11-5-3-4-8-20-11/h1-2,6-7,9,11H,3-5,8,10H2,(H,18,19). The molecule has 0 spiro atoms. The summed E-state index contributed by atoms with van der Waals surface area (Å²) in [6, 6.07) is 8.64. The minimum atomic E-state index is -0.979. The van der Waals surface area contributed by atoms with Gasteiger partial charge in [0.2, 0.25) is 5.88 Å². The van der Waals surface area contributed by atoms with Crippen LogP contribution in [0.15, 0.2) is 30.3 Å². The van der Waals surface area contributed by atoms with Crippen molar-refractivity contribution in [3.63, 3.8) is 0 Å². The molecule has 1 unspecified atom stereocenters. The molecule has 1 fully saturated rings. The van der Waals surface area contributed by atoms with Gasteiger partial charge in [-0.3, -0.25) is 0 Å². The number of benzene rings is 1. The fraction of sp³-hybridized carbons (Fsp3) is 0.375. The van der Waals surface area contributed by atoms with Crippen molar-refractivity contribution in [1.29, 1.82) is 0 Å². The molecular weight excluding hydrogens is 270 g/mol. The number of ether oxygens (including phenoxy) is 2. The summed E-state index contributed by atoms with van der Waals surface area (Å²) in [5.41, 5.74) is 0.831. The Morgan fingerprint density at radius 3 is 3.00 bits per heavy atom. The molecule has 3 rings (SSSR count). The summed E-state index contributed by atoms with van der Waals surface area (Å²) in [5, 5.41) is 9.93. The molecule has 2 aromatic rings. The average molecular weight is 287 g/mol. The lowest BCUT2D eigenvalue weighted by Crippen LogP contribution is -2.26. The smallest absolute Gasteiger partial charge is 0.336 e. The van der Waals surface area contributed by atoms with Crippen LogP contribution in [0, 0.1) is 0 Å². The van der Waals surface area contributed by atoms with E-state index in [4.69, 9.17) is 9.47 Å². The highest BCUT2D eigenvalue weighted by Gasteiger charge is 2.16. The van der Waals surface area contributed by atoms with Gasteiger partial charge >= 0.3 is 5.97 Å². The Kier molecular flexibility index (Phi) is 4.01. The average Bonchev–Trinajstić information content (AvgIpc) is 2.53. The molecule has 0 aliphatic carbocycles. The topological polar surface area (TPSA) is 68.7 Å². The number of aromatic carboxylic acids is 1. The van der Waals surface area contributed by atoms with Crippen molar-refractivity contribution in [2.24, 2.45) is 0 Å². The third-order valence-corrected chi connectivity index (χ3v) is 3.61. The van der Waals surface area contributed by atoms with Gasteiger partial charge in [0.05, 0.1) is 17.2 Å². The second-order valence-electron chi connectivity index (χ2n) is 5.13. The van der Waals surface area contributed by atoms with Crippen molar-refractivity contribution in [1.82, 2.24) is 4.98 Å². The summed E-state index contributed by atoms with van der Waals surface area (Å²) >= 11 is 0. The van der Waals surface area contributed by atoms with Gasteiger partial charge < -0.3 is 14.6 Å². The van der Waals surface area contributed by atoms with Crippen molar-refractivity contribution in [3.8, 4) is 5.88 Å². The van der Waals surface area contributed by atoms with E-state index in [9.17, 15) is 9.90 Å². The number of carbonyl (C=O) groups is 1. The summed E-state index contributed by atoms with van der Waals surface area (Å²) < 4.78 is 11.2. The van der Waals surface area contributed by atoms with E-state index in [-0.39, 0.29) is 11.7 Å². The van der Waals surface area contributed by atoms with Gasteiger partial charge in [-0.1, -0.05) is 18.2 Å². The molecule has 0 radical (unpaired) electrons. The second kappa shape index (κ2) is 6.10. The summed E-state index contributed by atoms with van der Waals surface area (Å²) in [4.78, 5) is 15.7. The van der Waals surface area contributed by atoms with E-state index in [2.05, 4.69) is 4.98 Å². The Morgan fingerprint density at radius 2 is 2.24 bits per heavy atom. The molecule has 1 saturated heterocycles. The molecule has 0 bridgehead atoms. The van der Waals surface area contributed by atoms with Crippen LogP contribution >= 0.6 is 0 Å². The van der Waals surface area contributed by atoms with Gasteiger partial charge in [0, 0.05) is 18.1 Å². The van der Waals surface area contributed by atoms with Crippen LogP contribution in [-0.2, 0) is 4.74 Å². The Bertz CT molecular complexity index is 650. The van der Waals surface area contributed by atoms with Crippen LogP contribution in [0.3, 0.4) is 0 Å². The predicted molar refractivity (Wildman–Crippen MR) is 77.8 cm³/mol. The first kappa shape index (κ1) is 13.8. The number of aromatic nitrogens is 1. The fourth-order valence-electron chi connectivity index (χ4n) is 2.52. The van der Waals surface area contributed by atoms with Gasteiger partial charge in [-0.15, -0.1) is 0 Å². The molecule has 21 heavy (non-hydrogen) atoms. The predicted octanol–water partition coefficient (Wildman–Crippen LogP) is 2.88. The molecule has 2 heterocycles. The van der Waals surface area contributed by atoms with Crippen LogP contribution in [0.2, 0.25) is 0 Å². The first-order valence-electron chi connectivity index (χ1n) is 7.11. The van der Waals surface area contributed by atoms with Gasteiger partial charge in [-0.25, -0.2) is 9.78 Å². The number of carboxylic acids is 1. The number of pyridine rings is 1. The zero-order valence-corrected chi connectivity index (χ0v) is 11.6. The Labute approximate surface area is 122 Å². The highest BCUT2D eigenvalue weighted by Crippen LogP contribution is 2.23. The second-order valence-corrected chi connectivity index (χ2v) is 5.13. The highest BCUT2D eigenvalue weighted by molar-refractivity contribution is 6.02. The van der Waals surface area contributed by atoms with Crippen LogP contribution in [0.1, 0.15) is 29.6 Å². The molecule has 1 atom stereocenters. The minimum absolute atomic E-state index is 0.0697. The van der Waals surface area contributed by atoms with E-state index >= 15 is 0 Å². The Hall–Kier alpha value is -2.14. The number of fused-ring (bicyclic) bond motifs is 1. The fourth-order valence-corrected chi connectivity index (χ4v) is 2.52. The first-order valence-corrected chi connectivity index (χ1v) is 7.11. The molecule has 5 nitrogen and oxygen atoms in total. The van der Waals surface area contributed by atoms with Crippen LogP contribution in [0.5, 0.6) is 5.88 Å². The highest BCUT2D eigenvalue weighted by atomic mass is 16.5. The third kappa shape index (κ3) is 3.13. The van der Waals surface area contributed by atoms with E-state index in [1.807, 2.05) is 6.07 Å². The normalized spacial score (nSPS) is 18.6.